The number of carboxylic acids is 1. The van der Waals surface area contributed by atoms with Crippen molar-refractivity contribution in [2.24, 2.45) is 5.73 Å². The van der Waals surface area contributed by atoms with Crippen molar-refractivity contribution < 1.29 is 19.4 Å². The molecule has 0 saturated heterocycles. The Morgan fingerprint density at radius 2 is 1.82 bits per heavy atom. The molecule has 0 bridgehead atoms. The van der Waals surface area contributed by atoms with Gasteiger partial charge in [-0.3, -0.25) is 15.0 Å². The highest BCUT2D eigenvalue weighted by molar-refractivity contribution is 6.29. The number of carboxylic acid groups (broad SMARTS) is 1. The van der Waals surface area contributed by atoms with Gasteiger partial charge in [-0.25, -0.2) is 0 Å². The minimum atomic E-state index is -0.840. The number of aliphatic carboxylic acids is 1. The topological polar surface area (TPSA) is 117 Å². The number of carbonyl (C=O) groups excluding carboxylic acids is 1. The van der Waals surface area contributed by atoms with E-state index in [-0.39, 0.29) is 18.2 Å². The fraction of sp³-hybridized carbons (Fsp3) is 0.190. The summed E-state index contributed by atoms with van der Waals surface area (Å²) in [5.41, 5.74) is 8.87. The average Bonchev–Trinajstić information content (AvgIpc) is 3.03. The van der Waals surface area contributed by atoms with Crippen LogP contribution in [0.5, 0.6) is 0 Å². The first-order chi connectivity index (χ1) is 13.4. The third-order valence-electron chi connectivity index (χ3n) is 4.65. The molecule has 144 valence electrons. The number of hydrogen-bond donors (Lipinski definition) is 3. The van der Waals surface area contributed by atoms with E-state index in [0.717, 1.165) is 5.56 Å². The lowest BCUT2D eigenvalue weighted by molar-refractivity contribution is -0.137. The van der Waals surface area contributed by atoms with Crippen LogP contribution in [0.2, 0.25) is 0 Å². The van der Waals surface area contributed by atoms with Gasteiger partial charge in [-0.2, -0.15) is 0 Å². The van der Waals surface area contributed by atoms with Gasteiger partial charge in [0.1, 0.15) is 11.6 Å². The van der Waals surface area contributed by atoms with Gasteiger partial charge in [-0.05, 0) is 29.7 Å². The van der Waals surface area contributed by atoms with E-state index in [9.17, 15) is 9.59 Å². The molecular weight excluding hydrogens is 358 g/mol. The van der Waals surface area contributed by atoms with E-state index < -0.39 is 5.97 Å². The SMILES string of the molecule is COC1=C(c2ccc(C(=N)N)cc2)C(=O)N(c2ccc(CCC(=O)O)cc2)C1. The molecule has 0 atom stereocenters. The number of benzene rings is 2. The Balaban J connectivity index is 1.82. The van der Waals surface area contributed by atoms with Crippen molar-refractivity contribution in [2.45, 2.75) is 12.8 Å². The van der Waals surface area contributed by atoms with E-state index in [1.807, 2.05) is 24.3 Å². The summed E-state index contributed by atoms with van der Waals surface area (Å²) in [7, 11) is 1.53. The Labute approximate surface area is 162 Å². The molecule has 0 aromatic heterocycles. The third-order valence-corrected chi connectivity index (χ3v) is 4.65. The molecule has 2 aromatic rings. The molecule has 1 aliphatic rings. The van der Waals surface area contributed by atoms with Crippen LogP contribution in [0.25, 0.3) is 5.57 Å². The number of hydrogen-bond acceptors (Lipinski definition) is 4. The number of carbonyl (C=O) groups is 2. The van der Waals surface area contributed by atoms with Gasteiger partial charge in [0.05, 0.1) is 19.2 Å². The summed E-state index contributed by atoms with van der Waals surface area (Å²) >= 11 is 0. The number of aryl methyl sites for hydroxylation is 1. The fourth-order valence-electron chi connectivity index (χ4n) is 3.12. The van der Waals surface area contributed by atoms with E-state index in [1.54, 1.807) is 29.2 Å². The predicted octanol–water partition coefficient (Wildman–Crippen LogP) is 2.39. The summed E-state index contributed by atoms with van der Waals surface area (Å²) < 4.78 is 5.45. The van der Waals surface area contributed by atoms with Crippen molar-refractivity contribution in [3.63, 3.8) is 0 Å². The van der Waals surface area contributed by atoms with Crippen LogP contribution in [-0.2, 0) is 20.7 Å². The minimum Gasteiger partial charge on any atom is -0.498 e. The molecule has 1 aliphatic heterocycles. The Hall–Kier alpha value is -3.61. The molecule has 1 heterocycles. The van der Waals surface area contributed by atoms with E-state index in [2.05, 4.69) is 0 Å². The highest BCUT2D eigenvalue weighted by atomic mass is 16.5. The monoisotopic (exact) mass is 379 g/mol. The molecule has 3 rings (SSSR count). The summed E-state index contributed by atoms with van der Waals surface area (Å²) in [6.45, 7) is 0.313. The lowest BCUT2D eigenvalue weighted by Crippen LogP contribution is -2.26. The first kappa shape index (κ1) is 19.2. The van der Waals surface area contributed by atoms with Crippen LogP contribution in [0.1, 0.15) is 23.1 Å². The third kappa shape index (κ3) is 3.88. The Kier molecular flexibility index (Phi) is 5.44. The molecule has 0 saturated carbocycles. The van der Waals surface area contributed by atoms with Gasteiger partial charge < -0.3 is 20.5 Å². The fourth-order valence-corrected chi connectivity index (χ4v) is 3.12. The zero-order chi connectivity index (χ0) is 20.3. The highest BCUT2D eigenvalue weighted by Gasteiger charge is 2.33. The summed E-state index contributed by atoms with van der Waals surface area (Å²) in [5.74, 6) is -0.482. The molecular formula is C21H21N3O4. The summed E-state index contributed by atoms with van der Waals surface area (Å²) in [5, 5.41) is 16.3. The highest BCUT2D eigenvalue weighted by Crippen LogP contribution is 2.32. The second-order valence-corrected chi connectivity index (χ2v) is 6.44. The van der Waals surface area contributed by atoms with Crippen molar-refractivity contribution in [3.05, 3.63) is 71.0 Å². The first-order valence-corrected chi connectivity index (χ1v) is 8.75. The second-order valence-electron chi connectivity index (χ2n) is 6.44. The predicted molar refractivity (Wildman–Crippen MR) is 106 cm³/mol. The summed E-state index contributed by atoms with van der Waals surface area (Å²) in [6, 6.07) is 14.2. The molecule has 0 radical (unpaired) electrons. The number of nitrogens with zero attached hydrogens (tertiary/aromatic N) is 1. The standard InChI is InChI=1S/C21H21N3O4/c1-28-17-12-24(16-9-2-13(3-10-16)4-11-18(25)26)21(27)19(17)14-5-7-15(8-6-14)20(22)23/h2-3,5-10H,4,11-12H2,1H3,(H3,22,23)(H,25,26). The number of rotatable bonds is 7. The Morgan fingerprint density at radius 3 is 2.36 bits per heavy atom. The van der Waals surface area contributed by atoms with Crippen molar-refractivity contribution >= 4 is 29.0 Å². The van der Waals surface area contributed by atoms with Crippen LogP contribution in [0.15, 0.2) is 54.3 Å². The maximum absolute atomic E-state index is 13.0. The van der Waals surface area contributed by atoms with Crippen molar-refractivity contribution in [1.82, 2.24) is 0 Å². The second kappa shape index (κ2) is 7.96. The Bertz CT molecular complexity index is 947. The van der Waals surface area contributed by atoms with Gasteiger partial charge in [0, 0.05) is 17.7 Å². The molecule has 0 aliphatic carbocycles. The zero-order valence-corrected chi connectivity index (χ0v) is 15.4. The molecule has 4 N–H and O–H groups in total. The number of nitrogens with two attached hydrogens (primary N) is 1. The molecule has 0 unspecified atom stereocenters. The van der Waals surface area contributed by atoms with E-state index in [4.69, 9.17) is 21.0 Å². The van der Waals surface area contributed by atoms with Crippen LogP contribution < -0.4 is 10.6 Å². The number of nitrogen functional groups attached to an aromatic ring is 1. The molecule has 7 nitrogen and oxygen atoms in total. The summed E-state index contributed by atoms with van der Waals surface area (Å²) in [4.78, 5) is 25.4. The van der Waals surface area contributed by atoms with Crippen LogP contribution in [-0.4, -0.2) is 36.5 Å². The van der Waals surface area contributed by atoms with Crippen molar-refractivity contribution in [3.8, 4) is 0 Å². The van der Waals surface area contributed by atoms with Crippen LogP contribution in [0, 0.1) is 5.41 Å². The normalized spacial score (nSPS) is 13.8. The lowest BCUT2D eigenvalue weighted by Gasteiger charge is -2.17. The van der Waals surface area contributed by atoms with Crippen molar-refractivity contribution in [1.29, 1.82) is 5.41 Å². The largest absolute Gasteiger partial charge is 0.498 e. The number of amidine groups is 1. The number of ether oxygens (including phenoxy) is 1. The van der Waals surface area contributed by atoms with E-state index in [0.29, 0.717) is 41.1 Å². The van der Waals surface area contributed by atoms with Crippen molar-refractivity contribution in [2.75, 3.05) is 18.6 Å². The first-order valence-electron chi connectivity index (χ1n) is 8.75. The van der Waals surface area contributed by atoms with Crippen LogP contribution >= 0.6 is 0 Å². The van der Waals surface area contributed by atoms with E-state index >= 15 is 0 Å². The number of nitrogens with one attached hydrogen (secondary N) is 1. The van der Waals surface area contributed by atoms with Crippen LogP contribution in [0.4, 0.5) is 5.69 Å². The zero-order valence-electron chi connectivity index (χ0n) is 15.4. The maximum Gasteiger partial charge on any atom is 0.303 e. The van der Waals surface area contributed by atoms with Gasteiger partial charge in [0.25, 0.3) is 5.91 Å². The molecule has 7 heteroatoms. The number of amides is 1. The smallest absolute Gasteiger partial charge is 0.303 e. The molecule has 1 amide bonds. The molecule has 28 heavy (non-hydrogen) atoms. The average molecular weight is 379 g/mol. The van der Waals surface area contributed by atoms with Gasteiger partial charge >= 0.3 is 5.97 Å². The number of methoxy groups -OCH3 is 1. The van der Waals surface area contributed by atoms with E-state index in [1.165, 1.54) is 7.11 Å². The lowest BCUT2D eigenvalue weighted by atomic mass is 10.0. The quantitative estimate of drug-likeness (QED) is 0.504. The van der Waals surface area contributed by atoms with Gasteiger partial charge in [-0.15, -0.1) is 0 Å². The maximum atomic E-state index is 13.0. The molecule has 2 aromatic carbocycles. The number of anilines is 1. The van der Waals surface area contributed by atoms with Gasteiger partial charge in [0.2, 0.25) is 0 Å². The van der Waals surface area contributed by atoms with Crippen LogP contribution in [0.3, 0.4) is 0 Å². The van der Waals surface area contributed by atoms with Gasteiger partial charge in [0.15, 0.2) is 0 Å². The van der Waals surface area contributed by atoms with Gasteiger partial charge in [-0.1, -0.05) is 36.4 Å². The summed E-state index contributed by atoms with van der Waals surface area (Å²) in [6.07, 6.45) is 0.511. The molecule has 0 fully saturated rings. The molecule has 0 spiro atoms. The Morgan fingerprint density at radius 1 is 1.18 bits per heavy atom. The minimum absolute atomic E-state index is 0.0325.